The van der Waals surface area contributed by atoms with Gasteiger partial charge in [-0.05, 0) is 29.5 Å². The SMILES string of the molecule is CCC(C)(C)c1ccc2nc([C@@H](N)COC)[nH]c2c1. The summed E-state index contributed by atoms with van der Waals surface area (Å²) >= 11 is 0. The van der Waals surface area contributed by atoms with Crippen LogP contribution in [0.3, 0.4) is 0 Å². The lowest BCUT2D eigenvalue weighted by Crippen LogP contribution is -2.17. The lowest BCUT2D eigenvalue weighted by molar-refractivity contribution is 0.178. The van der Waals surface area contributed by atoms with E-state index in [1.807, 2.05) is 0 Å². The first-order valence-corrected chi connectivity index (χ1v) is 6.72. The second-order valence-corrected chi connectivity index (χ2v) is 5.65. The van der Waals surface area contributed by atoms with E-state index in [2.05, 4.69) is 48.9 Å². The van der Waals surface area contributed by atoms with E-state index in [4.69, 9.17) is 10.5 Å². The quantitative estimate of drug-likeness (QED) is 0.869. The molecule has 0 saturated heterocycles. The fraction of sp³-hybridized carbons (Fsp3) is 0.533. The van der Waals surface area contributed by atoms with Gasteiger partial charge >= 0.3 is 0 Å². The summed E-state index contributed by atoms with van der Waals surface area (Å²) in [5.74, 6) is 0.781. The highest BCUT2D eigenvalue weighted by molar-refractivity contribution is 5.76. The Balaban J connectivity index is 2.39. The minimum atomic E-state index is -0.208. The molecule has 3 N–H and O–H groups in total. The van der Waals surface area contributed by atoms with Gasteiger partial charge in [0.15, 0.2) is 0 Å². The summed E-state index contributed by atoms with van der Waals surface area (Å²) in [6, 6.07) is 6.18. The summed E-state index contributed by atoms with van der Waals surface area (Å²) in [6.45, 7) is 7.18. The molecule has 0 aliphatic rings. The van der Waals surface area contributed by atoms with Crippen molar-refractivity contribution >= 4 is 11.0 Å². The van der Waals surface area contributed by atoms with Crippen molar-refractivity contribution in [1.29, 1.82) is 0 Å². The molecule has 2 rings (SSSR count). The zero-order valence-electron chi connectivity index (χ0n) is 12.2. The molecule has 0 aliphatic carbocycles. The molecule has 2 aromatic rings. The number of nitrogens with two attached hydrogens (primary N) is 1. The van der Waals surface area contributed by atoms with Crippen molar-refractivity contribution in [2.24, 2.45) is 5.73 Å². The molecule has 0 unspecified atom stereocenters. The summed E-state index contributed by atoms with van der Waals surface area (Å²) < 4.78 is 5.06. The van der Waals surface area contributed by atoms with Crippen LogP contribution in [-0.2, 0) is 10.2 Å². The number of hydrogen-bond acceptors (Lipinski definition) is 3. The molecule has 0 saturated carbocycles. The molecule has 1 atom stereocenters. The fourth-order valence-electron chi connectivity index (χ4n) is 2.09. The van der Waals surface area contributed by atoms with Crippen LogP contribution in [0.5, 0.6) is 0 Å². The van der Waals surface area contributed by atoms with E-state index in [1.54, 1.807) is 7.11 Å². The Morgan fingerprint density at radius 2 is 2.16 bits per heavy atom. The van der Waals surface area contributed by atoms with Gasteiger partial charge in [-0.2, -0.15) is 0 Å². The summed E-state index contributed by atoms with van der Waals surface area (Å²) in [6.07, 6.45) is 1.10. The van der Waals surface area contributed by atoms with E-state index in [-0.39, 0.29) is 11.5 Å². The van der Waals surface area contributed by atoms with Gasteiger partial charge in [-0.25, -0.2) is 4.98 Å². The molecular weight excluding hydrogens is 238 g/mol. The second-order valence-electron chi connectivity index (χ2n) is 5.65. The molecule has 4 nitrogen and oxygen atoms in total. The summed E-state index contributed by atoms with van der Waals surface area (Å²) in [4.78, 5) is 7.82. The number of hydrogen-bond donors (Lipinski definition) is 2. The number of imidazole rings is 1. The molecule has 0 aliphatic heterocycles. The van der Waals surface area contributed by atoms with Gasteiger partial charge in [0, 0.05) is 7.11 Å². The van der Waals surface area contributed by atoms with E-state index < -0.39 is 0 Å². The molecule has 104 valence electrons. The Bertz CT molecular complexity index is 560. The average Bonchev–Trinajstić information content (AvgIpc) is 2.81. The van der Waals surface area contributed by atoms with Crippen LogP contribution in [0.2, 0.25) is 0 Å². The van der Waals surface area contributed by atoms with Gasteiger partial charge in [0.1, 0.15) is 5.82 Å². The number of H-pyrrole nitrogens is 1. The minimum absolute atomic E-state index is 0.175. The highest BCUT2D eigenvalue weighted by Crippen LogP contribution is 2.29. The Hall–Kier alpha value is -1.39. The second kappa shape index (κ2) is 5.31. The number of methoxy groups -OCH3 is 1. The third kappa shape index (κ3) is 2.80. The number of aromatic nitrogens is 2. The normalized spacial score (nSPS) is 13.9. The molecule has 0 amide bonds. The molecule has 0 spiro atoms. The topological polar surface area (TPSA) is 63.9 Å². The highest BCUT2D eigenvalue weighted by atomic mass is 16.5. The maximum absolute atomic E-state index is 6.00. The maximum Gasteiger partial charge on any atom is 0.126 e. The molecule has 4 heteroatoms. The van der Waals surface area contributed by atoms with Gasteiger partial charge in [0.05, 0.1) is 23.7 Å². The average molecular weight is 261 g/mol. The number of nitrogens with zero attached hydrogens (tertiary/aromatic N) is 1. The smallest absolute Gasteiger partial charge is 0.126 e. The van der Waals surface area contributed by atoms with Gasteiger partial charge in [-0.3, -0.25) is 0 Å². The van der Waals surface area contributed by atoms with Crippen LogP contribution in [0.25, 0.3) is 11.0 Å². The van der Waals surface area contributed by atoms with Crippen molar-refractivity contribution in [3.05, 3.63) is 29.6 Å². The van der Waals surface area contributed by atoms with E-state index >= 15 is 0 Å². The predicted octanol–water partition coefficient (Wildman–Crippen LogP) is 2.90. The van der Waals surface area contributed by atoms with Crippen molar-refractivity contribution in [1.82, 2.24) is 9.97 Å². The van der Waals surface area contributed by atoms with Crippen molar-refractivity contribution in [3.63, 3.8) is 0 Å². The highest BCUT2D eigenvalue weighted by Gasteiger charge is 2.19. The minimum Gasteiger partial charge on any atom is -0.383 e. The molecule has 0 bridgehead atoms. The van der Waals surface area contributed by atoms with E-state index in [0.29, 0.717) is 6.61 Å². The van der Waals surface area contributed by atoms with E-state index in [1.165, 1.54) is 5.56 Å². The molecule has 19 heavy (non-hydrogen) atoms. The molecule has 0 radical (unpaired) electrons. The van der Waals surface area contributed by atoms with Crippen molar-refractivity contribution < 1.29 is 4.74 Å². The first-order chi connectivity index (χ1) is 8.97. The van der Waals surface area contributed by atoms with Crippen LogP contribution in [0.4, 0.5) is 0 Å². The van der Waals surface area contributed by atoms with Crippen LogP contribution in [-0.4, -0.2) is 23.7 Å². The standard InChI is InChI=1S/C15H23N3O/c1-5-15(2,3)10-6-7-12-13(8-10)18-14(17-12)11(16)9-19-4/h6-8,11H,5,9,16H2,1-4H3,(H,17,18)/t11-/m0/s1. The Labute approximate surface area is 114 Å². The Morgan fingerprint density at radius 1 is 1.42 bits per heavy atom. The first kappa shape index (κ1) is 14.0. The molecular formula is C15H23N3O. The zero-order valence-corrected chi connectivity index (χ0v) is 12.2. The lowest BCUT2D eigenvalue weighted by Gasteiger charge is -2.23. The number of aromatic amines is 1. The number of rotatable bonds is 5. The van der Waals surface area contributed by atoms with Crippen molar-refractivity contribution in [2.75, 3.05) is 13.7 Å². The van der Waals surface area contributed by atoms with E-state index in [9.17, 15) is 0 Å². The third-order valence-corrected chi connectivity index (χ3v) is 3.86. The van der Waals surface area contributed by atoms with Gasteiger partial charge in [0.25, 0.3) is 0 Å². The van der Waals surface area contributed by atoms with Gasteiger partial charge < -0.3 is 15.5 Å². The summed E-state index contributed by atoms with van der Waals surface area (Å²) in [5, 5.41) is 0. The van der Waals surface area contributed by atoms with Crippen LogP contribution < -0.4 is 5.73 Å². The third-order valence-electron chi connectivity index (χ3n) is 3.86. The predicted molar refractivity (Wildman–Crippen MR) is 78.2 cm³/mol. The zero-order chi connectivity index (χ0) is 14.0. The van der Waals surface area contributed by atoms with Crippen molar-refractivity contribution in [2.45, 2.75) is 38.6 Å². The van der Waals surface area contributed by atoms with Crippen LogP contribution in [0, 0.1) is 0 Å². The number of benzene rings is 1. The maximum atomic E-state index is 6.00. The van der Waals surface area contributed by atoms with Crippen LogP contribution >= 0.6 is 0 Å². The largest absolute Gasteiger partial charge is 0.383 e. The fourth-order valence-corrected chi connectivity index (χ4v) is 2.09. The van der Waals surface area contributed by atoms with Crippen molar-refractivity contribution in [3.8, 4) is 0 Å². The summed E-state index contributed by atoms with van der Waals surface area (Å²) in [7, 11) is 1.64. The number of ether oxygens (including phenoxy) is 1. The molecule has 1 aromatic heterocycles. The number of nitrogens with one attached hydrogen (secondary N) is 1. The molecule has 1 heterocycles. The first-order valence-electron chi connectivity index (χ1n) is 6.72. The van der Waals surface area contributed by atoms with Gasteiger partial charge in [0.2, 0.25) is 0 Å². The lowest BCUT2D eigenvalue weighted by atomic mass is 9.82. The molecule has 1 aromatic carbocycles. The number of fused-ring (bicyclic) bond motifs is 1. The van der Waals surface area contributed by atoms with Crippen LogP contribution in [0.15, 0.2) is 18.2 Å². The molecule has 0 fully saturated rings. The van der Waals surface area contributed by atoms with Crippen LogP contribution in [0.1, 0.15) is 44.6 Å². The van der Waals surface area contributed by atoms with Gasteiger partial charge in [-0.1, -0.05) is 26.8 Å². The Kier molecular flexibility index (Phi) is 3.92. The Morgan fingerprint density at radius 3 is 2.79 bits per heavy atom. The summed E-state index contributed by atoms with van der Waals surface area (Å²) in [5.41, 5.74) is 9.49. The van der Waals surface area contributed by atoms with Gasteiger partial charge in [-0.15, -0.1) is 0 Å². The monoisotopic (exact) mass is 261 g/mol. The van der Waals surface area contributed by atoms with E-state index in [0.717, 1.165) is 23.3 Å².